The number of aromatic amines is 1. The zero-order valence-electron chi connectivity index (χ0n) is 12.7. The number of hydrogen-bond acceptors (Lipinski definition) is 4. The van der Waals surface area contributed by atoms with E-state index in [1.165, 1.54) is 0 Å². The van der Waals surface area contributed by atoms with Gasteiger partial charge in [0.2, 0.25) is 0 Å². The van der Waals surface area contributed by atoms with Gasteiger partial charge in [-0.1, -0.05) is 0 Å². The molecule has 112 valence electrons. The predicted molar refractivity (Wildman–Crippen MR) is 79.0 cm³/mol. The Morgan fingerprint density at radius 3 is 2.67 bits per heavy atom. The molecule has 1 fully saturated rings. The van der Waals surface area contributed by atoms with Crippen LogP contribution in [0.5, 0.6) is 0 Å². The highest BCUT2D eigenvalue weighted by Crippen LogP contribution is 2.37. The van der Waals surface area contributed by atoms with Crippen LogP contribution in [0.3, 0.4) is 0 Å². The third-order valence-electron chi connectivity index (χ3n) is 3.96. The molecule has 1 atom stereocenters. The number of aromatic nitrogens is 3. The second-order valence-corrected chi connectivity index (χ2v) is 6.72. The minimum Gasteiger partial charge on any atom is -0.367 e. The summed E-state index contributed by atoms with van der Waals surface area (Å²) in [5.74, 6) is -0.112. The summed E-state index contributed by atoms with van der Waals surface area (Å²) in [4.78, 5) is 12.4. The van der Waals surface area contributed by atoms with E-state index in [0.29, 0.717) is 11.1 Å². The van der Waals surface area contributed by atoms with Crippen molar-refractivity contribution in [3.05, 3.63) is 23.8 Å². The summed E-state index contributed by atoms with van der Waals surface area (Å²) in [7, 11) is 0. The second-order valence-electron chi connectivity index (χ2n) is 6.72. The second kappa shape index (κ2) is 4.53. The lowest BCUT2D eigenvalue weighted by Crippen LogP contribution is -2.46. The minimum atomic E-state index is -0.378. The molecule has 6 heteroatoms. The van der Waals surface area contributed by atoms with Crippen molar-refractivity contribution in [3.8, 4) is 0 Å². The summed E-state index contributed by atoms with van der Waals surface area (Å²) in [6.07, 6.45) is 0.790. The van der Waals surface area contributed by atoms with Crippen LogP contribution in [0.4, 0.5) is 0 Å². The van der Waals surface area contributed by atoms with E-state index < -0.39 is 0 Å². The fraction of sp³-hybridized carbons (Fsp3) is 0.533. The Labute approximate surface area is 123 Å². The summed E-state index contributed by atoms with van der Waals surface area (Å²) in [5, 5.41) is 13.6. The quantitative estimate of drug-likeness (QED) is 0.886. The number of carbonyl (C=O) groups is 1. The molecule has 1 unspecified atom stereocenters. The highest BCUT2D eigenvalue weighted by Gasteiger charge is 2.46. The predicted octanol–water partition coefficient (Wildman–Crippen LogP) is 2.03. The maximum absolute atomic E-state index is 12.4. The lowest BCUT2D eigenvalue weighted by atomic mass is 9.94. The number of H-pyrrole nitrogens is 1. The Hall–Kier alpha value is -1.95. The van der Waals surface area contributed by atoms with E-state index in [9.17, 15) is 4.79 Å². The molecule has 6 nitrogen and oxygen atoms in total. The summed E-state index contributed by atoms with van der Waals surface area (Å²) in [6, 6.07) is 5.26. The molecule has 0 aliphatic carbocycles. The largest absolute Gasteiger partial charge is 0.367 e. The summed E-state index contributed by atoms with van der Waals surface area (Å²) in [5.41, 5.74) is 1.41. The first-order valence-corrected chi connectivity index (χ1v) is 7.08. The SMILES string of the molecule is CC1(C)CC(NC(=O)c2ccc3n[nH]nc3c2)C(C)(C)O1. The molecule has 2 heterocycles. The van der Waals surface area contributed by atoms with Gasteiger partial charge in [0.15, 0.2) is 0 Å². The Morgan fingerprint density at radius 1 is 1.29 bits per heavy atom. The molecule has 0 radical (unpaired) electrons. The molecule has 1 aromatic heterocycles. The van der Waals surface area contributed by atoms with Crippen molar-refractivity contribution in [1.29, 1.82) is 0 Å². The van der Waals surface area contributed by atoms with E-state index in [1.807, 2.05) is 27.7 Å². The van der Waals surface area contributed by atoms with E-state index >= 15 is 0 Å². The standard InChI is InChI=1S/C15H20N4O2/c1-14(2)8-12(15(3,4)21-14)16-13(20)9-5-6-10-11(7-9)18-19-17-10/h5-7,12H,8H2,1-4H3,(H,16,20)(H,17,18,19). The Morgan fingerprint density at radius 2 is 2.00 bits per heavy atom. The number of amides is 1. The molecular formula is C15H20N4O2. The average molecular weight is 288 g/mol. The van der Waals surface area contributed by atoms with E-state index in [4.69, 9.17) is 4.74 Å². The first kappa shape index (κ1) is 14.0. The molecule has 21 heavy (non-hydrogen) atoms. The third kappa shape index (κ3) is 2.63. The van der Waals surface area contributed by atoms with Crippen LogP contribution in [0.2, 0.25) is 0 Å². The molecular weight excluding hydrogens is 268 g/mol. The van der Waals surface area contributed by atoms with Crippen molar-refractivity contribution in [1.82, 2.24) is 20.7 Å². The molecule has 1 saturated heterocycles. The number of fused-ring (bicyclic) bond motifs is 1. The number of carbonyl (C=O) groups excluding carboxylic acids is 1. The number of hydrogen-bond donors (Lipinski definition) is 2. The topological polar surface area (TPSA) is 79.9 Å². The van der Waals surface area contributed by atoms with Crippen molar-refractivity contribution in [2.75, 3.05) is 0 Å². The molecule has 0 saturated carbocycles. The number of nitrogens with zero attached hydrogens (tertiary/aromatic N) is 2. The molecule has 2 aromatic rings. The van der Waals surface area contributed by atoms with E-state index in [1.54, 1.807) is 18.2 Å². The fourth-order valence-corrected chi connectivity index (χ4v) is 3.01. The number of benzene rings is 1. The molecule has 1 amide bonds. The fourth-order valence-electron chi connectivity index (χ4n) is 3.01. The van der Waals surface area contributed by atoms with Crippen LogP contribution in [0, 0.1) is 0 Å². The number of nitrogens with one attached hydrogen (secondary N) is 2. The summed E-state index contributed by atoms with van der Waals surface area (Å²) in [6.45, 7) is 8.10. The van der Waals surface area contributed by atoms with E-state index in [0.717, 1.165) is 11.9 Å². The molecule has 1 aliphatic rings. The van der Waals surface area contributed by atoms with Crippen LogP contribution in [-0.4, -0.2) is 38.6 Å². The number of rotatable bonds is 2. The van der Waals surface area contributed by atoms with Gasteiger partial charge in [0, 0.05) is 5.56 Å². The van der Waals surface area contributed by atoms with Crippen molar-refractivity contribution < 1.29 is 9.53 Å². The zero-order chi connectivity index (χ0) is 15.3. The van der Waals surface area contributed by atoms with Gasteiger partial charge in [0.25, 0.3) is 5.91 Å². The highest BCUT2D eigenvalue weighted by atomic mass is 16.5. The van der Waals surface area contributed by atoms with Crippen LogP contribution in [0.25, 0.3) is 11.0 Å². The van der Waals surface area contributed by atoms with Gasteiger partial charge >= 0.3 is 0 Å². The molecule has 0 bridgehead atoms. The Bertz CT molecular complexity index is 690. The van der Waals surface area contributed by atoms with Crippen LogP contribution >= 0.6 is 0 Å². The van der Waals surface area contributed by atoms with Crippen LogP contribution in [0.15, 0.2) is 18.2 Å². The first-order valence-electron chi connectivity index (χ1n) is 7.08. The van der Waals surface area contributed by atoms with Crippen molar-refractivity contribution in [2.45, 2.75) is 51.4 Å². The van der Waals surface area contributed by atoms with Crippen LogP contribution in [-0.2, 0) is 4.74 Å². The zero-order valence-corrected chi connectivity index (χ0v) is 12.7. The Kier molecular flexibility index (Phi) is 3.02. The van der Waals surface area contributed by atoms with Crippen molar-refractivity contribution in [3.63, 3.8) is 0 Å². The van der Waals surface area contributed by atoms with Gasteiger partial charge in [-0.2, -0.15) is 15.4 Å². The van der Waals surface area contributed by atoms with Crippen LogP contribution in [0.1, 0.15) is 44.5 Å². The van der Waals surface area contributed by atoms with Crippen molar-refractivity contribution in [2.24, 2.45) is 0 Å². The molecule has 2 N–H and O–H groups in total. The lowest BCUT2D eigenvalue weighted by molar-refractivity contribution is -0.0693. The van der Waals surface area contributed by atoms with Gasteiger partial charge in [-0.15, -0.1) is 0 Å². The normalized spacial score (nSPS) is 23.3. The van der Waals surface area contributed by atoms with Crippen LogP contribution < -0.4 is 5.32 Å². The van der Waals surface area contributed by atoms with Gasteiger partial charge < -0.3 is 10.1 Å². The van der Waals surface area contributed by atoms with Gasteiger partial charge in [-0.25, -0.2) is 0 Å². The monoisotopic (exact) mass is 288 g/mol. The maximum Gasteiger partial charge on any atom is 0.251 e. The maximum atomic E-state index is 12.4. The van der Waals surface area contributed by atoms with Gasteiger partial charge in [-0.05, 0) is 52.3 Å². The average Bonchev–Trinajstić information content (AvgIpc) is 2.90. The highest BCUT2D eigenvalue weighted by molar-refractivity contribution is 5.97. The Balaban J connectivity index is 1.80. The molecule has 1 aliphatic heterocycles. The third-order valence-corrected chi connectivity index (χ3v) is 3.96. The van der Waals surface area contributed by atoms with Gasteiger partial charge in [-0.3, -0.25) is 4.79 Å². The lowest BCUT2D eigenvalue weighted by Gasteiger charge is -2.27. The molecule has 0 spiro atoms. The molecule has 3 rings (SSSR count). The van der Waals surface area contributed by atoms with Gasteiger partial charge in [0.05, 0.1) is 17.2 Å². The summed E-state index contributed by atoms with van der Waals surface area (Å²) >= 11 is 0. The number of ether oxygens (including phenoxy) is 1. The minimum absolute atomic E-state index is 0.0204. The van der Waals surface area contributed by atoms with E-state index in [-0.39, 0.29) is 23.2 Å². The van der Waals surface area contributed by atoms with E-state index in [2.05, 4.69) is 20.7 Å². The summed E-state index contributed by atoms with van der Waals surface area (Å²) < 4.78 is 6.00. The molecule has 1 aromatic carbocycles. The van der Waals surface area contributed by atoms with Crippen molar-refractivity contribution >= 4 is 16.9 Å². The van der Waals surface area contributed by atoms with Gasteiger partial charge in [0.1, 0.15) is 11.0 Å². The smallest absolute Gasteiger partial charge is 0.251 e. The first-order chi connectivity index (χ1) is 9.77.